The minimum Gasteiger partial charge on any atom is -0.513 e. The molecule has 12 nitrogen and oxygen atoms in total. The first kappa shape index (κ1) is 131. The van der Waals surface area contributed by atoms with Gasteiger partial charge in [0, 0.05) is 105 Å². The number of allylic oxidation sites excluding steroid dienone is 4. The molecule has 12 rings (SSSR count). The van der Waals surface area contributed by atoms with Gasteiger partial charge in [-0.3, -0.25) is 0 Å². The van der Waals surface area contributed by atoms with Crippen molar-refractivity contribution in [3.05, 3.63) is 284 Å². The van der Waals surface area contributed by atoms with Crippen molar-refractivity contribution in [1.29, 1.82) is 0 Å². The van der Waals surface area contributed by atoms with E-state index in [4.69, 9.17) is 60.8 Å². The Morgan fingerprint density at radius 1 is 0.300 bits per heavy atom. The van der Waals surface area contributed by atoms with E-state index in [1.165, 1.54) is 161 Å². The Hall–Kier alpha value is -7.14. The molecule has 8 N–H and O–H groups in total. The van der Waals surface area contributed by atoms with Crippen LogP contribution < -0.4 is 20.7 Å². The van der Waals surface area contributed by atoms with Crippen LogP contribution in [0.3, 0.4) is 0 Å². The van der Waals surface area contributed by atoms with E-state index in [1.54, 1.807) is 38.1 Å². The fraction of sp³-hybridized carbons (Fsp3) is 0.433. The topological polar surface area (TPSA) is 213 Å². The Morgan fingerprint density at radius 2 is 0.579 bits per heavy atom. The zero-order valence-corrected chi connectivity index (χ0v) is 106. The molecule has 0 fully saturated rings. The Bertz CT molecular complexity index is 5780. The third-order valence-electron chi connectivity index (χ3n) is 21.7. The molecule has 0 aliphatic heterocycles. The summed E-state index contributed by atoms with van der Waals surface area (Å²) in [5.74, 6) is 0.648. The van der Waals surface area contributed by atoms with E-state index in [1.807, 2.05) is 18.6 Å². The molecule has 0 spiro atoms. The predicted octanol–water partition coefficient (Wildman–Crippen LogP) is 29.1. The number of aliphatic hydroxyl groups excluding tert-OH is 8. The molecule has 8 aromatic carbocycles. The van der Waals surface area contributed by atoms with E-state index in [2.05, 4.69) is 369 Å². The van der Waals surface area contributed by atoms with Crippen LogP contribution in [0, 0.1) is 101 Å². The van der Waals surface area contributed by atoms with Gasteiger partial charge in [0.05, 0.1) is 79.7 Å². The number of benzene rings is 8. The van der Waals surface area contributed by atoms with Gasteiger partial charge in [0.1, 0.15) is 0 Å². The molecule has 4 radical (unpaired) electrons. The van der Waals surface area contributed by atoms with Crippen LogP contribution in [0.25, 0.3) is 88.1 Å². The summed E-state index contributed by atoms with van der Waals surface area (Å²) in [4.78, 5) is 19.3. The van der Waals surface area contributed by atoms with Gasteiger partial charge in [0.2, 0.25) is 0 Å². The Morgan fingerprint density at radius 3 is 0.843 bits per heavy atom. The van der Waals surface area contributed by atoms with Gasteiger partial charge in [-0.05, 0) is 233 Å². The zero-order chi connectivity index (χ0) is 103. The van der Waals surface area contributed by atoms with E-state index in [0.717, 1.165) is 81.8 Å². The largest absolute Gasteiger partial charge is 0.513 e. The molecule has 4 heterocycles. The third-order valence-corrected chi connectivity index (χ3v) is 29.8. The van der Waals surface area contributed by atoms with E-state index >= 15 is 0 Å². The molecule has 0 aliphatic carbocycles. The summed E-state index contributed by atoms with van der Waals surface area (Å²) >= 11 is 0. The summed E-state index contributed by atoms with van der Waals surface area (Å²) in [5, 5.41) is 84.3. The fourth-order valence-corrected chi connectivity index (χ4v) is 22.4. The van der Waals surface area contributed by atoms with Gasteiger partial charge in [0.25, 0.3) is 0 Å². The van der Waals surface area contributed by atoms with Crippen LogP contribution in [-0.2, 0) is 106 Å². The molecule has 20 heteroatoms. The molecule has 140 heavy (non-hydrogen) atoms. The van der Waals surface area contributed by atoms with E-state index < -0.39 is 56.7 Å². The SMILES string of the molecule is CC(O)=CC(C)O.CC(O)=CC(C)O.CC(O)=CC(C)O.CC(O)=CC(C)O.Cc1[c-]c(-c2ncc(CC(C)(C)C)c3cc(CC(C)(C)C)ccc23)cc(C)c1.Cc1[c-]c(-c2nccc3c([Si](C)(C)C)cc([Si](C)(C)C)cc23)cc(C)c1.Cc1[c-]c(-c2nccc3c([Si](C)(C)C)cc([Si](C)(C)C)cc23)cc(C)c1.Cc1[c-]c(-c2nccc3cc(CC(C)(C)C)c(CC(C)(C)C)cc23)cc(C)c1.[Ir].[Ir].[Ir].[Ir]. The first-order chi connectivity index (χ1) is 62.3. The van der Waals surface area contributed by atoms with E-state index in [-0.39, 0.29) is 125 Å². The Labute approximate surface area is 902 Å². The second-order valence-electron chi connectivity index (χ2n) is 46.7. The van der Waals surface area contributed by atoms with Crippen LogP contribution in [0.2, 0.25) is 78.6 Å². The van der Waals surface area contributed by atoms with Gasteiger partial charge in [-0.25, -0.2) is 0 Å². The maximum Gasteiger partial charge on any atom is 0.0877 e. The monoisotopic (exact) mass is 2680 g/mol. The van der Waals surface area contributed by atoms with Crippen LogP contribution in [0.1, 0.15) is 205 Å². The van der Waals surface area contributed by atoms with Crippen molar-refractivity contribution in [2.75, 3.05) is 0 Å². The van der Waals surface area contributed by atoms with Gasteiger partial charge < -0.3 is 60.8 Å². The molecular formula is C120H168Ir4N4O8Si4-4. The molecule has 0 amide bonds. The number of aliphatic hydroxyl groups is 8. The fourth-order valence-electron chi connectivity index (χ4n) is 16.6. The quantitative estimate of drug-likeness (QED) is 0.0258. The first-order valence-corrected chi connectivity index (χ1v) is 62.2. The van der Waals surface area contributed by atoms with E-state index in [9.17, 15) is 0 Å². The summed E-state index contributed by atoms with van der Waals surface area (Å²) in [6.45, 7) is 86.4. The zero-order valence-electron chi connectivity index (χ0n) is 92.0. The van der Waals surface area contributed by atoms with Gasteiger partial charge in [0.15, 0.2) is 0 Å². The van der Waals surface area contributed by atoms with Crippen molar-refractivity contribution >= 4 is 96.1 Å². The summed E-state index contributed by atoms with van der Waals surface area (Å²) in [6.07, 6.45) is 15.5. The molecule has 4 aromatic heterocycles. The molecule has 0 bridgehead atoms. The van der Waals surface area contributed by atoms with Crippen LogP contribution >= 0.6 is 0 Å². The minimum absolute atomic E-state index is 0. The van der Waals surface area contributed by atoms with Crippen LogP contribution in [0.4, 0.5) is 0 Å². The molecule has 4 unspecified atom stereocenters. The standard InChI is InChI=1S/2C27H34N.2C23H30NSi2.4C5H10O2.4Ir/c1-18-11-19(2)13-21(12-18)25-24-15-23(17-27(6,7)8)22(16-26(3,4)5)14-20(24)9-10-28-25;1-18-11-19(2)13-21(12-18)25-23-10-9-20(15-26(3,4)5)14-24(23)22(17-28-25)16-27(6,7)8;2*1-16-11-17(2)13-18(12-16)23-21-14-19(25(3,4)5)15-22(26(6,7)8)20(21)9-10-24-23;4*1-4(6)3-5(2)7;;;;/h9-12,14-15H,16-17H2,1-8H3;9-12,14,17H,15-16H2,1-8H3;2*9-12,14-15H,1-8H3;4*3-4,6-7H,1-2H3;;;;/q4*-1;;;;;;;;. The number of fused-ring (bicyclic) bond motifs is 4. The summed E-state index contributed by atoms with van der Waals surface area (Å²) in [6, 6.07) is 59.8. The van der Waals surface area contributed by atoms with Crippen molar-refractivity contribution < 1.29 is 121 Å². The second kappa shape index (κ2) is 56.0. The van der Waals surface area contributed by atoms with Crippen molar-refractivity contribution in [2.45, 2.75) is 323 Å². The second-order valence-corrected chi connectivity index (χ2v) is 67.0. The van der Waals surface area contributed by atoms with Crippen LogP contribution in [0.15, 0.2) is 193 Å². The van der Waals surface area contributed by atoms with Crippen LogP contribution in [-0.4, -0.2) is 117 Å². The van der Waals surface area contributed by atoms with Crippen LogP contribution in [0.5, 0.6) is 0 Å². The smallest absolute Gasteiger partial charge is 0.0877 e. The maximum atomic E-state index is 8.49. The van der Waals surface area contributed by atoms with Gasteiger partial charge in [-0.1, -0.05) is 292 Å². The molecule has 0 saturated carbocycles. The van der Waals surface area contributed by atoms with Crippen molar-refractivity contribution in [3.8, 4) is 45.0 Å². The molecule has 4 atom stereocenters. The summed E-state index contributed by atoms with van der Waals surface area (Å²) in [7, 11) is -5.78. The van der Waals surface area contributed by atoms with Gasteiger partial charge in [-0.15, -0.1) is 140 Å². The summed E-state index contributed by atoms with van der Waals surface area (Å²) in [5.41, 5.74) is 25.0. The van der Waals surface area contributed by atoms with Crippen molar-refractivity contribution in [2.24, 2.45) is 21.7 Å². The number of aromatic nitrogens is 4. The normalized spacial score (nSPS) is 13.1. The third kappa shape index (κ3) is 45.2. The van der Waals surface area contributed by atoms with Gasteiger partial charge in [-0.2, -0.15) is 0 Å². The number of hydrogen-bond donors (Lipinski definition) is 8. The number of rotatable bonds is 16. The van der Waals surface area contributed by atoms with Crippen molar-refractivity contribution in [1.82, 2.24) is 19.9 Å². The average molecular weight is 2680 g/mol. The average Bonchev–Trinajstić information content (AvgIpc) is 0.757. The molecule has 0 saturated heterocycles. The first-order valence-electron chi connectivity index (χ1n) is 48.2. The number of nitrogens with zero attached hydrogens (tertiary/aromatic N) is 4. The number of hydrogen-bond acceptors (Lipinski definition) is 12. The molecule has 0 aliphatic rings. The minimum atomic E-state index is -1.47. The van der Waals surface area contributed by atoms with Crippen molar-refractivity contribution in [3.63, 3.8) is 0 Å². The number of aryl methyl sites for hydroxylation is 8. The Kier molecular flexibility index (Phi) is 52.3. The molecule has 12 aromatic rings. The predicted molar refractivity (Wildman–Crippen MR) is 599 cm³/mol. The Balaban J connectivity index is 0.000000845. The van der Waals surface area contributed by atoms with E-state index in [0.29, 0.717) is 0 Å². The number of pyridine rings is 4. The summed E-state index contributed by atoms with van der Waals surface area (Å²) < 4.78 is 0. The molecular weight excluding hydrogens is 2510 g/mol. The van der Waals surface area contributed by atoms with Gasteiger partial charge >= 0.3 is 0 Å². The molecule has 772 valence electrons. The maximum absolute atomic E-state index is 8.49.